The van der Waals surface area contributed by atoms with Crippen LogP contribution in [-0.2, 0) is 4.74 Å². The van der Waals surface area contributed by atoms with Crippen molar-refractivity contribution < 1.29 is 14.5 Å². The van der Waals surface area contributed by atoms with E-state index in [0.29, 0.717) is 5.84 Å². The summed E-state index contributed by atoms with van der Waals surface area (Å²) in [6, 6.07) is 0. The van der Waals surface area contributed by atoms with E-state index in [1.807, 2.05) is 0 Å². The van der Waals surface area contributed by atoms with Crippen LogP contribution in [0.2, 0.25) is 0 Å². The number of rotatable bonds is 4. The van der Waals surface area contributed by atoms with Crippen LogP contribution in [-0.4, -0.2) is 47.6 Å². The molecule has 0 aromatic rings. The molecular weight excluding hydrogens is 204 g/mol. The highest BCUT2D eigenvalue weighted by atomic mass is 16.6. The van der Waals surface area contributed by atoms with E-state index in [-0.39, 0.29) is 19.7 Å². The molecule has 0 bridgehead atoms. The number of ether oxygens (including phenoxy) is 1. The second-order valence-corrected chi connectivity index (χ2v) is 3.01. The summed E-state index contributed by atoms with van der Waals surface area (Å²) in [5.74, 6) is 0.574. The lowest BCUT2D eigenvalue weighted by Gasteiger charge is -2.19. The Morgan fingerprint density at radius 2 is 2.53 bits per heavy atom. The first-order valence-corrected chi connectivity index (χ1v) is 4.36. The second-order valence-electron chi connectivity index (χ2n) is 3.01. The quantitative estimate of drug-likeness (QED) is 0.499. The number of primary amides is 1. The molecule has 0 radical (unpaired) electrons. The number of nitro groups is 1. The molecule has 84 valence electrons. The molecule has 0 saturated heterocycles. The summed E-state index contributed by atoms with van der Waals surface area (Å²) in [5, 5.41) is 10.6. The predicted octanol–water partition coefficient (Wildman–Crippen LogP) is -0.582. The summed E-state index contributed by atoms with van der Waals surface area (Å²) in [5.41, 5.74) is 4.76. The lowest BCUT2D eigenvalue weighted by atomic mass is 10.4. The van der Waals surface area contributed by atoms with Crippen LogP contribution in [0.5, 0.6) is 0 Å². The van der Waals surface area contributed by atoms with E-state index in [1.54, 1.807) is 6.92 Å². The van der Waals surface area contributed by atoms with Gasteiger partial charge in [-0.25, -0.2) is 4.79 Å². The first-order valence-electron chi connectivity index (χ1n) is 4.36. The van der Waals surface area contributed by atoms with E-state index in [2.05, 4.69) is 9.73 Å². The minimum atomic E-state index is -0.888. The number of carbonyl (C=O) groups is 1. The van der Waals surface area contributed by atoms with Gasteiger partial charge in [-0.15, -0.1) is 0 Å². The summed E-state index contributed by atoms with van der Waals surface area (Å²) >= 11 is 0. The number of nitrogens with two attached hydrogens (primary N) is 1. The molecule has 1 unspecified atom stereocenters. The minimum Gasteiger partial charge on any atom is -0.448 e. The van der Waals surface area contributed by atoms with Gasteiger partial charge in [0.2, 0.25) is 0 Å². The average Bonchev–Trinajstić information content (AvgIpc) is 2.47. The molecule has 1 heterocycles. The number of hydrogen-bond donors (Lipinski definition) is 1. The molecule has 15 heavy (non-hydrogen) atoms. The van der Waals surface area contributed by atoms with E-state index in [1.165, 1.54) is 4.90 Å². The molecule has 1 rings (SSSR count). The van der Waals surface area contributed by atoms with Crippen LogP contribution in [0.3, 0.4) is 0 Å². The van der Waals surface area contributed by atoms with Gasteiger partial charge in [0.25, 0.3) is 0 Å². The molecule has 1 aliphatic heterocycles. The second kappa shape index (κ2) is 4.58. The van der Waals surface area contributed by atoms with Gasteiger partial charge >= 0.3 is 12.3 Å². The Morgan fingerprint density at radius 1 is 1.87 bits per heavy atom. The minimum absolute atomic E-state index is 0.0204. The molecule has 1 atom stereocenters. The number of amidine groups is 1. The van der Waals surface area contributed by atoms with Crippen LogP contribution in [0.1, 0.15) is 6.92 Å². The van der Waals surface area contributed by atoms with Crippen molar-refractivity contribution in [3.8, 4) is 0 Å². The topological polar surface area (TPSA) is 111 Å². The van der Waals surface area contributed by atoms with E-state index in [4.69, 9.17) is 5.73 Å². The molecule has 8 nitrogen and oxygen atoms in total. The molecule has 1 amide bonds. The van der Waals surface area contributed by atoms with Gasteiger partial charge in [0, 0.05) is 4.92 Å². The molecule has 0 fully saturated rings. The normalized spacial score (nSPS) is 19.9. The highest BCUT2D eigenvalue weighted by molar-refractivity contribution is 5.81. The van der Waals surface area contributed by atoms with Crippen LogP contribution in [0.25, 0.3) is 0 Å². The van der Waals surface area contributed by atoms with Crippen LogP contribution < -0.4 is 5.73 Å². The SMILES string of the molecule is CC1=NCC([N+](=O)[O-])N1CCOC(N)=O. The van der Waals surface area contributed by atoms with Crippen molar-refractivity contribution >= 4 is 11.9 Å². The van der Waals surface area contributed by atoms with Crippen molar-refractivity contribution in [1.29, 1.82) is 0 Å². The average molecular weight is 216 g/mol. The molecule has 0 aromatic carbocycles. The fraction of sp³-hybridized carbons (Fsp3) is 0.714. The van der Waals surface area contributed by atoms with Crippen molar-refractivity contribution in [2.45, 2.75) is 13.1 Å². The number of nitrogens with zero attached hydrogens (tertiary/aromatic N) is 3. The van der Waals surface area contributed by atoms with Crippen molar-refractivity contribution in [3.63, 3.8) is 0 Å². The summed E-state index contributed by atoms with van der Waals surface area (Å²) in [7, 11) is 0. The fourth-order valence-electron chi connectivity index (χ4n) is 1.35. The highest BCUT2D eigenvalue weighted by Gasteiger charge is 2.33. The van der Waals surface area contributed by atoms with E-state index in [0.717, 1.165) is 0 Å². The Kier molecular flexibility index (Phi) is 3.42. The standard InChI is InChI=1S/C7H12N4O4/c1-5-9-4-6(11(13)14)10(5)2-3-15-7(8)12/h6H,2-4H2,1H3,(H2,8,12). The zero-order chi connectivity index (χ0) is 11.4. The third-order valence-corrected chi connectivity index (χ3v) is 2.08. The van der Waals surface area contributed by atoms with Gasteiger partial charge in [-0.1, -0.05) is 0 Å². The maximum atomic E-state index is 10.6. The molecule has 0 spiro atoms. The number of amides is 1. The van der Waals surface area contributed by atoms with E-state index < -0.39 is 17.2 Å². The highest BCUT2D eigenvalue weighted by Crippen LogP contribution is 2.10. The molecule has 1 aliphatic rings. The molecule has 0 aliphatic carbocycles. The smallest absolute Gasteiger partial charge is 0.404 e. The predicted molar refractivity (Wildman–Crippen MR) is 51.0 cm³/mol. The Hall–Kier alpha value is -1.86. The maximum Gasteiger partial charge on any atom is 0.404 e. The van der Waals surface area contributed by atoms with Crippen LogP contribution >= 0.6 is 0 Å². The van der Waals surface area contributed by atoms with Gasteiger partial charge in [0.1, 0.15) is 19.0 Å². The molecule has 8 heteroatoms. The summed E-state index contributed by atoms with van der Waals surface area (Å²) in [6.07, 6.45) is -1.75. The molecule has 0 saturated carbocycles. The fourth-order valence-corrected chi connectivity index (χ4v) is 1.35. The zero-order valence-corrected chi connectivity index (χ0v) is 8.25. The third-order valence-electron chi connectivity index (χ3n) is 2.08. The van der Waals surface area contributed by atoms with Crippen LogP contribution in [0.4, 0.5) is 4.79 Å². The summed E-state index contributed by atoms with van der Waals surface area (Å²) < 4.78 is 4.50. The first-order chi connectivity index (χ1) is 7.02. The van der Waals surface area contributed by atoms with Gasteiger partial charge in [0.15, 0.2) is 0 Å². The largest absolute Gasteiger partial charge is 0.448 e. The Balaban J connectivity index is 2.46. The molecular formula is C7H12N4O4. The van der Waals surface area contributed by atoms with Crippen molar-refractivity contribution in [3.05, 3.63) is 10.1 Å². The molecule has 0 aromatic heterocycles. The Morgan fingerprint density at radius 3 is 3.07 bits per heavy atom. The molecule has 2 N–H and O–H groups in total. The Labute approximate surface area is 85.8 Å². The monoisotopic (exact) mass is 216 g/mol. The van der Waals surface area contributed by atoms with E-state index in [9.17, 15) is 14.9 Å². The van der Waals surface area contributed by atoms with Crippen molar-refractivity contribution in [2.24, 2.45) is 10.7 Å². The van der Waals surface area contributed by atoms with Crippen LogP contribution in [0.15, 0.2) is 4.99 Å². The number of aliphatic imine (C=N–C) groups is 1. The van der Waals surface area contributed by atoms with Crippen LogP contribution in [0, 0.1) is 10.1 Å². The van der Waals surface area contributed by atoms with Crippen molar-refractivity contribution in [2.75, 3.05) is 19.7 Å². The van der Waals surface area contributed by atoms with Gasteiger partial charge in [-0.2, -0.15) is 0 Å². The number of carbonyl (C=O) groups excluding carboxylic acids is 1. The van der Waals surface area contributed by atoms with Gasteiger partial charge in [-0.05, 0) is 6.92 Å². The Bertz CT molecular complexity index is 303. The van der Waals surface area contributed by atoms with Gasteiger partial charge < -0.3 is 10.5 Å². The van der Waals surface area contributed by atoms with E-state index >= 15 is 0 Å². The summed E-state index contributed by atoms with van der Waals surface area (Å²) in [6.45, 7) is 2.06. The number of hydrogen-bond acceptors (Lipinski definition) is 6. The third kappa shape index (κ3) is 2.79. The summed E-state index contributed by atoms with van der Waals surface area (Å²) in [4.78, 5) is 25.9. The lowest BCUT2D eigenvalue weighted by molar-refractivity contribution is -0.539. The van der Waals surface area contributed by atoms with Gasteiger partial charge in [-0.3, -0.25) is 20.0 Å². The first kappa shape index (κ1) is 11.2. The zero-order valence-electron chi connectivity index (χ0n) is 8.25. The van der Waals surface area contributed by atoms with Gasteiger partial charge in [0.05, 0.1) is 6.54 Å². The maximum absolute atomic E-state index is 10.6. The lowest BCUT2D eigenvalue weighted by Crippen LogP contribution is -2.43. The van der Waals surface area contributed by atoms with Crippen molar-refractivity contribution in [1.82, 2.24) is 4.90 Å².